The number of rotatable bonds is 2. The van der Waals surface area contributed by atoms with Crippen LogP contribution in [-0.4, -0.2) is 23.4 Å². The maximum atomic E-state index is 6.00. The second-order valence-electron chi connectivity index (χ2n) is 3.62. The Morgan fingerprint density at radius 2 is 2.44 bits per heavy atom. The van der Waals surface area contributed by atoms with Crippen LogP contribution in [0.2, 0.25) is 5.02 Å². The zero-order valence-corrected chi connectivity index (χ0v) is 9.92. The second-order valence-corrected chi connectivity index (χ2v) is 4.94. The lowest BCUT2D eigenvalue weighted by Gasteiger charge is -1.97. The molecule has 1 saturated heterocycles. The van der Waals surface area contributed by atoms with Crippen molar-refractivity contribution in [3.63, 3.8) is 0 Å². The smallest absolute Gasteiger partial charge is 0.269 e. The molecule has 0 saturated carbocycles. The third-order valence-corrected chi connectivity index (χ3v) is 3.88. The number of thiophene rings is 1. The van der Waals surface area contributed by atoms with E-state index in [0.717, 1.165) is 23.7 Å². The Balaban J connectivity index is 1.90. The lowest BCUT2D eigenvalue weighted by molar-refractivity contribution is 0.192. The number of hydrogen-bond donors (Lipinski definition) is 0. The largest absolute Gasteiger partial charge is 0.381 e. The van der Waals surface area contributed by atoms with Crippen molar-refractivity contribution in [3.05, 3.63) is 22.3 Å². The molecule has 16 heavy (non-hydrogen) atoms. The molecule has 3 heterocycles. The molecule has 3 rings (SSSR count). The van der Waals surface area contributed by atoms with E-state index in [2.05, 4.69) is 10.1 Å². The molecule has 0 bridgehead atoms. The summed E-state index contributed by atoms with van der Waals surface area (Å²) in [6.45, 7) is 1.45. The number of ether oxygens (including phenoxy) is 1. The summed E-state index contributed by atoms with van der Waals surface area (Å²) < 4.78 is 10.5. The third-order valence-electron chi connectivity index (χ3n) is 2.55. The first-order valence-electron chi connectivity index (χ1n) is 4.99. The van der Waals surface area contributed by atoms with Gasteiger partial charge in [0.2, 0.25) is 0 Å². The zero-order chi connectivity index (χ0) is 11.0. The molecule has 1 unspecified atom stereocenters. The van der Waals surface area contributed by atoms with E-state index in [1.807, 2.05) is 11.4 Å². The molecule has 1 aliphatic rings. The van der Waals surface area contributed by atoms with Gasteiger partial charge in [0, 0.05) is 12.5 Å². The van der Waals surface area contributed by atoms with Crippen molar-refractivity contribution < 1.29 is 9.26 Å². The lowest BCUT2D eigenvalue weighted by Crippen LogP contribution is -1.99. The van der Waals surface area contributed by atoms with Gasteiger partial charge in [0.25, 0.3) is 5.89 Å². The van der Waals surface area contributed by atoms with Gasteiger partial charge in [-0.1, -0.05) is 16.8 Å². The minimum Gasteiger partial charge on any atom is -0.381 e. The van der Waals surface area contributed by atoms with E-state index in [9.17, 15) is 0 Å². The summed E-state index contributed by atoms with van der Waals surface area (Å²) in [5.74, 6) is 1.48. The van der Waals surface area contributed by atoms with Crippen molar-refractivity contribution in [1.29, 1.82) is 0 Å². The topological polar surface area (TPSA) is 48.2 Å². The Morgan fingerprint density at radius 3 is 3.12 bits per heavy atom. The maximum Gasteiger partial charge on any atom is 0.269 e. The van der Waals surface area contributed by atoms with Crippen molar-refractivity contribution in [2.45, 2.75) is 12.3 Å². The van der Waals surface area contributed by atoms with Gasteiger partial charge in [-0.2, -0.15) is 4.98 Å². The lowest BCUT2D eigenvalue weighted by atomic mass is 10.1. The van der Waals surface area contributed by atoms with Crippen LogP contribution in [-0.2, 0) is 4.74 Å². The maximum absolute atomic E-state index is 6.00. The van der Waals surface area contributed by atoms with E-state index in [-0.39, 0.29) is 5.92 Å². The summed E-state index contributed by atoms with van der Waals surface area (Å²) in [5.41, 5.74) is 0. The normalized spacial score (nSPS) is 20.4. The van der Waals surface area contributed by atoms with Crippen molar-refractivity contribution in [3.8, 4) is 10.8 Å². The Hall–Kier alpha value is -0.910. The van der Waals surface area contributed by atoms with E-state index >= 15 is 0 Å². The molecule has 0 aliphatic carbocycles. The van der Waals surface area contributed by atoms with E-state index in [4.69, 9.17) is 20.9 Å². The fourth-order valence-corrected chi connectivity index (χ4v) is 2.73. The van der Waals surface area contributed by atoms with Gasteiger partial charge in [-0.3, -0.25) is 0 Å². The minimum atomic E-state index is 0.260. The van der Waals surface area contributed by atoms with Gasteiger partial charge < -0.3 is 9.26 Å². The van der Waals surface area contributed by atoms with Crippen LogP contribution in [0.1, 0.15) is 18.2 Å². The highest BCUT2D eigenvalue weighted by molar-refractivity contribution is 7.14. The zero-order valence-electron chi connectivity index (χ0n) is 8.35. The Kier molecular flexibility index (Phi) is 2.67. The first-order valence-corrected chi connectivity index (χ1v) is 6.25. The van der Waals surface area contributed by atoms with Crippen molar-refractivity contribution in [1.82, 2.24) is 10.1 Å². The van der Waals surface area contributed by atoms with Gasteiger partial charge in [0.15, 0.2) is 5.82 Å². The van der Waals surface area contributed by atoms with E-state index in [0.29, 0.717) is 17.5 Å². The molecule has 2 aromatic rings. The van der Waals surface area contributed by atoms with Crippen LogP contribution in [0.5, 0.6) is 0 Å². The summed E-state index contributed by atoms with van der Waals surface area (Å²) in [6, 6.07) is 1.82. The molecule has 0 amide bonds. The van der Waals surface area contributed by atoms with Crippen LogP contribution >= 0.6 is 22.9 Å². The highest BCUT2D eigenvalue weighted by Crippen LogP contribution is 2.33. The Labute approximate surface area is 101 Å². The van der Waals surface area contributed by atoms with Gasteiger partial charge in [0.05, 0.1) is 11.6 Å². The van der Waals surface area contributed by atoms with E-state index in [1.54, 1.807) is 0 Å². The number of nitrogens with zero attached hydrogens (tertiary/aromatic N) is 2. The first-order chi connectivity index (χ1) is 7.84. The molecule has 1 atom stereocenters. The molecule has 0 N–H and O–H groups in total. The van der Waals surface area contributed by atoms with E-state index < -0.39 is 0 Å². The predicted molar refractivity (Wildman–Crippen MR) is 60.8 cm³/mol. The Bertz CT molecular complexity index is 490. The average Bonchev–Trinajstić information content (AvgIpc) is 2.96. The Morgan fingerprint density at radius 1 is 1.50 bits per heavy atom. The van der Waals surface area contributed by atoms with Crippen LogP contribution in [0.15, 0.2) is 16.0 Å². The van der Waals surface area contributed by atoms with Crippen LogP contribution in [0, 0.1) is 0 Å². The number of hydrogen-bond acceptors (Lipinski definition) is 5. The number of halogens is 1. The molecule has 6 heteroatoms. The van der Waals surface area contributed by atoms with Crippen LogP contribution in [0.4, 0.5) is 0 Å². The average molecular weight is 257 g/mol. The number of aromatic nitrogens is 2. The third kappa shape index (κ3) is 1.75. The van der Waals surface area contributed by atoms with Crippen LogP contribution in [0.3, 0.4) is 0 Å². The van der Waals surface area contributed by atoms with Crippen molar-refractivity contribution >= 4 is 22.9 Å². The predicted octanol–water partition coefficient (Wildman–Crippen LogP) is 2.96. The van der Waals surface area contributed by atoms with Gasteiger partial charge in [-0.25, -0.2) is 0 Å². The fraction of sp³-hybridized carbons (Fsp3) is 0.400. The molecule has 2 aromatic heterocycles. The SMILES string of the molecule is Clc1ccsc1-c1nc(C2CCOC2)no1. The molecule has 0 aromatic carbocycles. The minimum absolute atomic E-state index is 0.260. The van der Waals surface area contributed by atoms with Gasteiger partial charge in [0.1, 0.15) is 4.88 Å². The highest BCUT2D eigenvalue weighted by Gasteiger charge is 2.24. The molecule has 4 nitrogen and oxygen atoms in total. The standard InChI is InChI=1S/C10H9ClN2O2S/c11-7-2-4-16-8(7)10-12-9(13-15-10)6-1-3-14-5-6/h2,4,6H,1,3,5H2. The second kappa shape index (κ2) is 4.16. The molecule has 0 radical (unpaired) electrons. The summed E-state index contributed by atoms with van der Waals surface area (Å²) >= 11 is 7.50. The monoisotopic (exact) mass is 256 g/mol. The molecule has 1 aliphatic heterocycles. The summed E-state index contributed by atoms with van der Waals surface area (Å²) in [6.07, 6.45) is 0.956. The summed E-state index contributed by atoms with van der Waals surface area (Å²) in [5, 5.41) is 6.54. The van der Waals surface area contributed by atoms with Gasteiger partial charge in [-0.05, 0) is 17.9 Å². The van der Waals surface area contributed by atoms with E-state index in [1.165, 1.54) is 11.3 Å². The molecule has 84 valence electrons. The van der Waals surface area contributed by atoms with Crippen molar-refractivity contribution in [2.24, 2.45) is 0 Å². The first kappa shape index (κ1) is 10.3. The quantitative estimate of drug-likeness (QED) is 0.829. The van der Waals surface area contributed by atoms with Gasteiger partial charge in [-0.15, -0.1) is 11.3 Å². The van der Waals surface area contributed by atoms with Gasteiger partial charge >= 0.3 is 0 Å². The molecule has 1 fully saturated rings. The highest BCUT2D eigenvalue weighted by atomic mass is 35.5. The molecule has 0 spiro atoms. The van der Waals surface area contributed by atoms with Crippen molar-refractivity contribution in [2.75, 3.05) is 13.2 Å². The molecular weight excluding hydrogens is 248 g/mol. The fourth-order valence-electron chi connectivity index (χ4n) is 1.68. The molecular formula is C10H9ClN2O2S. The summed E-state index contributed by atoms with van der Waals surface area (Å²) in [7, 11) is 0. The summed E-state index contributed by atoms with van der Waals surface area (Å²) in [4.78, 5) is 5.20. The van der Waals surface area contributed by atoms with Crippen LogP contribution in [0.25, 0.3) is 10.8 Å². The van der Waals surface area contributed by atoms with Crippen LogP contribution < -0.4 is 0 Å².